The fourth-order valence-corrected chi connectivity index (χ4v) is 1.51. The molecule has 0 spiro atoms. The maximum absolute atomic E-state index is 5.43. The van der Waals surface area contributed by atoms with Gasteiger partial charge in [0.05, 0.1) is 0 Å². The van der Waals surface area contributed by atoms with E-state index in [0.29, 0.717) is 5.41 Å². The highest BCUT2D eigenvalue weighted by molar-refractivity contribution is 4.60. The molecule has 0 rings (SSSR count). The minimum atomic E-state index is 0.525. The zero-order chi connectivity index (χ0) is 10.2. The average Bonchev–Trinajstić information content (AvgIpc) is 2.01. The van der Waals surface area contributed by atoms with Crippen LogP contribution in [0.4, 0.5) is 0 Å². The monoisotopic (exact) mass is 185 g/mol. The van der Waals surface area contributed by atoms with Gasteiger partial charge in [0.2, 0.25) is 0 Å². The summed E-state index contributed by atoms with van der Waals surface area (Å²) in [6.45, 7) is 7.83. The zero-order valence-corrected chi connectivity index (χ0v) is 9.73. The van der Waals surface area contributed by atoms with Crippen LogP contribution in [0.25, 0.3) is 0 Å². The lowest BCUT2D eigenvalue weighted by Crippen LogP contribution is -2.03. The summed E-state index contributed by atoms with van der Waals surface area (Å²) in [7, 11) is 0. The molecule has 0 atom stereocenters. The third kappa shape index (κ3) is 12.0. The Morgan fingerprint density at radius 1 is 0.769 bits per heavy atom. The van der Waals surface area contributed by atoms with Gasteiger partial charge in [-0.15, -0.1) is 0 Å². The van der Waals surface area contributed by atoms with E-state index in [2.05, 4.69) is 20.8 Å². The molecule has 0 bridgehead atoms. The molecule has 0 heterocycles. The summed E-state index contributed by atoms with van der Waals surface area (Å²) in [4.78, 5) is 0. The van der Waals surface area contributed by atoms with Gasteiger partial charge >= 0.3 is 0 Å². The highest BCUT2D eigenvalue weighted by Crippen LogP contribution is 2.22. The van der Waals surface area contributed by atoms with Crippen molar-refractivity contribution in [1.29, 1.82) is 0 Å². The fraction of sp³-hybridized carbons (Fsp3) is 1.00. The van der Waals surface area contributed by atoms with Crippen molar-refractivity contribution in [2.75, 3.05) is 6.54 Å². The van der Waals surface area contributed by atoms with E-state index in [0.717, 1.165) is 6.54 Å². The maximum atomic E-state index is 5.43. The Labute approximate surface area is 84.1 Å². The fourth-order valence-electron chi connectivity index (χ4n) is 1.51. The normalized spacial score (nSPS) is 12.0. The topological polar surface area (TPSA) is 26.0 Å². The number of unbranched alkanes of at least 4 members (excludes halogenated alkanes) is 5. The summed E-state index contributed by atoms with van der Waals surface area (Å²) in [5.74, 6) is 0. The first-order chi connectivity index (χ1) is 6.06. The molecule has 80 valence electrons. The smallest absolute Gasteiger partial charge is 0.00773 e. The number of hydrogen-bond acceptors (Lipinski definition) is 1. The number of hydrogen-bond donors (Lipinski definition) is 1. The van der Waals surface area contributed by atoms with Gasteiger partial charge in [-0.2, -0.15) is 0 Å². The largest absolute Gasteiger partial charge is 0.330 e. The maximum Gasteiger partial charge on any atom is -0.00773 e. The third-order valence-electron chi connectivity index (χ3n) is 2.38. The van der Waals surface area contributed by atoms with Gasteiger partial charge in [-0.25, -0.2) is 0 Å². The van der Waals surface area contributed by atoms with Crippen LogP contribution in [0.2, 0.25) is 0 Å². The molecule has 0 aliphatic carbocycles. The second-order valence-electron chi connectivity index (χ2n) is 5.22. The minimum Gasteiger partial charge on any atom is -0.330 e. The van der Waals surface area contributed by atoms with E-state index in [1.165, 1.54) is 44.9 Å². The van der Waals surface area contributed by atoms with Gasteiger partial charge in [0.1, 0.15) is 0 Å². The lowest BCUT2D eigenvalue weighted by atomic mass is 9.89. The molecule has 0 saturated heterocycles. The van der Waals surface area contributed by atoms with Gasteiger partial charge in [-0.05, 0) is 24.8 Å². The van der Waals surface area contributed by atoms with Crippen LogP contribution in [0.15, 0.2) is 0 Å². The molecule has 0 unspecified atom stereocenters. The predicted octanol–water partition coefficient (Wildman–Crippen LogP) is 3.72. The van der Waals surface area contributed by atoms with Gasteiger partial charge in [-0.3, -0.25) is 0 Å². The quantitative estimate of drug-likeness (QED) is 0.601. The van der Waals surface area contributed by atoms with Crippen molar-refractivity contribution in [2.24, 2.45) is 11.1 Å². The Bertz CT molecular complexity index is 102. The molecule has 0 aromatic heterocycles. The molecule has 13 heavy (non-hydrogen) atoms. The van der Waals surface area contributed by atoms with Gasteiger partial charge in [0, 0.05) is 0 Å². The Balaban J connectivity index is 3.00. The molecule has 1 nitrogen and oxygen atoms in total. The molecule has 0 aromatic carbocycles. The van der Waals surface area contributed by atoms with E-state index < -0.39 is 0 Å². The van der Waals surface area contributed by atoms with Gasteiger partial charge < -0.3 is 5.73 Å². The van der Waals surface area contributed by atoms with Crippen LogP contribution < -0.4 is 5.73 Å². The molecule has 0 amide bonds. The van der Waals surface area contributed by atoms with Crippen molar-refractivity contribution in [3.05, 3.63) is 0 Å². The van der Waals surface area contributed by atoms with E-state index in [1.54, 1.807) is 0 Å². The van der Waals surface area contributed by atoms with Crippen molar-refractivity contribution in [2.45, 2.75) is 65.7 Å². The molecule has 0 saturated carbocycles. The lowest BCUT2D eigenvalue weighted by molar-refractivity contribution is 0.356. The van der Waals surface area contributed by atoms with Crippen molar-refractivity contribution >= 4 is 0 Å². The SMILES string of the molecule is CC(C)(C)CCCCCCCCN. The molecule has 0 fully saturated rings. The molecular weight excluding hydrogens is 158 g/mol. The van der Waals surface area contributed by atoms with Gasteiger partial charge in [0.15, 0.2) is 0 Å². The van der Waals surface area contributed by atoms with Gasteiger partial charge in [-0.1, -0.05) is 52.9 Å². The molecule has 1 heteroatoms. The van der Waals surface area contributed by atoms with E-state index in [9.17, 15) is 0 Å². The van der Waals surface area contributed by atoms with Crippen LogP contribution in [0, 0.1) is 5.41 Å². The van der Waals surface area contributed by atoms with Crippen LogP contribution in [0.1, 0.15) is 65.7 Å². The molecule has 0 aliphatic heterocycles. The first-order valence-electron chi connectivity index (χ1n) is 5.76. The van der Waals surface area contributed by atoms with Crippen molar-refractivity contribution in [3.63, 3.8) is 0 Å². The second kappa shape index (κ2) is 7.37. The standard InChI is InChI=1S/C12H27N/c1-12(2,3)10-8-6-4-5-7-9-11-13/h4-11,13H2,1-3H3. The van der Waals surface area contributed by atoms with Crippen molar-refractivity contribution in [3.8, 4) is 0 Å². The lowest BCUT2D eigenvalue weighted by Gasteiger charge is -2.17. The van der Waals surface area contributed by atoms with Crippen LogP contribution in [-0.4, -0.2) is 6.54 Å². The number of nitrogens with two attached hydrogens (primary N) is 1. The predicted molar refractivity (Wildman–Crippen MR) is 60.8 cm³/mol. The highest BCUT2D eigenvalue weighted by atomic mass is 14.5. The summed E-state index contributed by atoms with van der Waals surface area (Å²) in [6.07, 6.45) is 9.47. The van der Waals surface area contributed by atoms with E-state index in [4.69, 9.17) is 5.73 Å². The van der Waals surface area contributed by atoms with E-state index >= 15 is 0 Å². The third-order valence-corrected chi connectivity index (χ3v) is 2.38. The first-order valence-corrected chi connectivity index (χ1v) is 5.76. The molecule has 0 radical (unpaired) electrons. The van der Waals surface area contributed by atoms with E-state index in [1.807, 2.05) is 0 Å². The van der Waals surface area contributed by atoms with Crippen LogP contribution in [0.5, 0.6) is 0 Å². The van der Waals surface area contributed by atoms with Crippen LogP contribution in [-0.2, 0) is 0 Å². The first kappa shape index (κ1) is 13.0. The van der Waals surface area contributed by atoms with Crippen molar-refractivity contribution in [1.82, 2.24) is 0 Å². The van der Waals surface area contributed by atoms with Crippen molar-refractivity contribution < 1.29 is 0 Å². The molecule has 0 aliphatic rings. The Morgan fingerprint density at radius 2 is 1.23 bits per heavy atom. The summed E-state index contributed by atoms with van der Waals surface area (Å²) >= 11 is 0. The summed E-state index contributed by atoms with van der Waals surface area (Å²) < 4.78 is 0. The Hall–Kier alpha value is -0.0400. The van der Waals surface area contributed by atoms with E-state index in [-0.39, 0.29) is 0 Å². The minimum absolute atomic E-state index is 0.525. The van der Waals surface area contributed by atoms with Gasteiger partial charge in [0.25, 0.3) is 0 Å². The highest BCUT2D eigenvalue weighted by Gasteiger charge is 2.08. The average molecular weight is 185 g/mol. The zero-order valence-electron chi connectivity index (χ0n) is 9.73. The summed E-state index contributed by atoms with van der Waals surface area (Å²) in [6, 6.07) is 0. The molecular formula is C12H27N. The molecule has 0 aromatic rings. The Morgan fingerprint density at radius 3 is 1.69 bits per heavy atom. The number of rotatable bonds is 7. The summed E-state index contributed by atoms with van der Waals surface area (Å²) in [5.41, 5.74) is 5.95. The van der Waals surface area contributed by atoms with Crippen LogP contribution >= 0.6 is 0 Å². The molecule has 2 N–H and O–H groups in total. The Kier molecular flexibility index (Phi) is 7.35. The second-order valence-corrected chi connectivity index (χ2v) is 5.22. The van der Waals surface area contributed by atoms with Crippen LogP contribution in [0.3, 0.4) is 0 Å². The summed E-state index contributed by atoms with van der Waals surface area (Å²) in [5, 5.41) is 0.